The molecular formula is C18H20N2O6S. The number of hydrogen-bond acceptors (Lipinski definition) is 6. The molecule has 3 rings (SSSR count). The zero-order valence-corrected chi connectivity index (χ0v) is 15.4. The summed E-state index contributed by atoms with van der Waals surface area (Å²) < 4.78 is 23.1. The molecule has 1 aliphatic rings. The van der Waals surface area contributed by atoms with Crippen molar-refractivity contribution in [1.82, 2.24) is 10.3 Å². The predicted octanol–water partition coefficient (Wildman–Crippen LogP) is 1.53. The van der Waals surface area contributed by atoms with Crippen molar-refractivity contribution in [3.05, 3.63) is 35.7 Å². The average molecular weight is 392 g/mol. The lowest BCUT2D eigenvalue weighted by molar-refractivity contribution is -0.135. The Labute approximate surface area is 157 Å². The van der Waals surface area contributed by atoms with Crippen molar-refractivity contribution in [2.75, 3.05) is 6.54 Å². The second kappa shape index (κ2) is 7.51. The molecule has 1 amide bonds. The first-order valence-corrected chi connectivity index (χ1v) is 9.79. The largest absolute Gasteiger partial charge is 0.505 e. The molecule has 1 aliphatic carbocycles. The second-order valence-corrected chi connectivity index (χ2v) is 8.05. The van der Waals surface area contributed by atoms with Crippen LogP contribution in [-0.2, 0) is 20.2 Å². The van der Waals surface area contributed by atoms with Gasteiger partial charge in [0.1, 0.15) is 17.2 Å². The minimum Gasteiger partial charge on any atom is -0.505 e. The summed E-state index contributed by atoms with van der Waals surface area (Å²) in [6.07, 6.45) is 5.19. The molecule has 1 fully saturated rings. The van der Waals surface area contributed by atoms with Crippen molar-refractivity contribution >= 4 is 33.4 Å². The predicted molar refractivity (Wildman–Crippen MR) is 98.5 cm³/mol. The van der Waals surface area contributed by atoms with Crippen LogP contribution in [0, 0.1) is 0 Å². The molecule has 0 bridgehead atoms. The second-order valence-electron chi connectivity index (χ2n) is 6.68. The van der Waals surface area contributed by atoms with E-state index in [1.54, 1.807) is 18.2 Å². The van der Waals surface area contributed by atoms with Crippen LogP contribution in [0.1, 0.15) is 48.2 Å². The quantitative estimate of drug-likeness (QED) is 0.567. The average Bonchev–Trinajstić information content (AvgIpc) is 2.66. The molecule has 0 unspecified atom stereocenters. The Morgan fingerprint density at radius 3 is 2.52 bits per heavy atom. The zero-order chi connectivity index (χ0) is 19.6. The molecule has 2 aromatic rings. The number of aromatic hydroxyl groups is 1. The van der Waals surface area contributed by atoms with Crippen LogP contribution in [0.4, 0.5) is 0 Å². The summed E-state index contributed by atoms with van der Waals surface area (Å²) in [6, 6.07) is 4.93. The highest BCUT2D eigenvalue weighted by molar-refractivity contribution is 7.73. The standard InChI is InChI=1S/C18H20N2O6S/c21-14(22)10-20-17(24)15-16(23)13-5-4-12(8-11(13)9-19-15)18(27(25)26)6-2-1-3-7-18/h4-5,8-9,23,27H,1-3,6-7,10H2,(H,20,24)(H,21,22). The molecule has 1 aromatic carbocycles. The molecule has 0 saturated heterocycles. The number of rotatable bonds is 5. The maximum Gasteiger partial charge on any atom is 0.322 e. The molecule has 27 heavy (non-hydrogen) atoms. The van der Waals surface area contributed by atoms with Crippen molar-refractivity contribution in [3.8, 4) is 5.75 Å². The summed E-state index contributed by atoms with van der Waals surface area (Å²) in [5, 5.41) is 22.0. The molecule has 8 nitrogen and oxygen atoms in total. The van der Waals surface area contributed by atoms with Gasteiger partial charge in [-0.15, -0.1) is 0 Å². The van der Waals surface area contributed by atoms with Gasteiger partial charge in [0, 0.05) is 17.0 Å². The molecule has 144 valence electrons. The van der Waals surface area contributed by atoms with Crippen molar-refractivity contribution in [2.24, 2.45) is 0 Å². The maximum atomic E-state index is 12.0. The molecule has 0 aliphatic heterocycles. The van der Waals surface area contributed by atoms with Crippen molar-refractivity contribution < 1.29 is 28.2 Å². The number of nitrogens with one attached hydrogen (secondary N) is 1. The third kappa shape index (κ3) is 3.59. The molecule has 0 atom stereocenters. The van der Waals surface area contributed by atoms with Crippen LogP contribution >= 0.6 is 0 Å². The number of carbonyl (C=O) groups excluding carboxylic acids is 1. The van der Waals surface area contributed by atoms with Crippen LogP contribution in [0.5, 0.6) is 5.75 Å². The summed E-state index contributed by atoms with van der Waals surface area (Å²) in [4.78, 5) is 26.5. The van der Waals surface area contributed by atoms with E-state index in [9.17, 15) is 23.1 Å². The fourth-order valence-electron chi connectivity index (χ4n) is 3.62. The van der Waals surface area contributed by atoms with Crippen LogP contribution in [0.15, 0.2) is 24.4 Å². The Hall–Kier alpha value is -2.68. The minimum atomic E-state index is -2.67. The number of amides is 1. The zero-order valence-electron chi connectivity index (χ0n) is 14.5. The smallest absolute Gasteiger partial charge is 0.322 e. The van der Waals surface area contributed by atoms with Gasteiger partial charge in [0.15, 0.2) is 11.4 Å². The first-order valence-electron chi connectivity index (χ1n) is 8.62. The number of fused-ring (bicyclic) bond motifs is 1. The molecule has 0 radical (unpaired) electrons. The minimum absolute atomic E-state index is 0.279. The Balaban J connectivity index is 2.01. The lowest BCUT2D eigenvalue weighted by Gasteiger charge is -2.32. The van der Waals surface area contributed by atoms with Gasteiger partial charge in [-0.25, -0.2) is 13.4 Å². The SMILES string of the molecule is O=C(O)CNC(=O)c1ncc2cc(C3([SH](=O)=O)CCCCC3)ccc2c1O. The van der Waals surface area contributed by atoms with Gasteiger partial charge in [-0.3, -0.25) is 9.59 Å². The Bertz CT molecular complexity index is 971. The summed E-state index contributed by atoms with van der Waals surface area (Å²) >= 11 is 0. The van der Waals surface area contributed by atoms with Gasteiger partial charge in [-0.1, -0.05) is 31.4 Å². The number of aliphatic carboxylic acids is 1. The van der Waals surface area contributed by atoms with E-state index in [2.05, 4.69) is 10.3 Å². The fraction of sp³-hybridized carbons (Fsp3) is 0.389. The van der Waals surface area contributed by atoms with Gasteiger partial charge in [-0.2, -0.15) is 0 Å². The topological polar surface area (TPSA) is 134 Å². The van der Waals surface area contributed by atoms with E-state index in [1.165, 1.54) is 6.20 Å². The van der Waals surface area contributed by atoms with E-state index in [4.69, 9.17) is 5.11 Å². The van der Waals surface area contributed by atoms with Crippen molar-refractivity contribution in [2.45, 2.75) is 36.9 Å². The van der Waals surface area contributed by atoms with Gasteiger partial charge in [0.05, 0.1) is 4.75 Å². The molecule has 1 heterocycles. The van der Waals surface area contributed by atoms with E-state index < -0.39 is 33.9 Å². The Kier molecular flexibility index (Phi) is 5.31. The number of aromatic nitrogens is 1. The van der Waals surface area contributed by atoms with Crippen LogP contribution in [0.25, 0.3) is 10.8 Å². The Morgan fingerprint density at radius 2 is 1.89 bits per heavy atom. The number of carboxylic acid groups (broad SMARTS) is 1. The van der Waals surface area contributed by atoms with Gasteiger partial charge in [-0.05, 0) is 24.5 Å². The molecule has 0 spiro atoms. The first kappa shape index (κ1) is 19.1. The van der Waals surface area contributed by atoms with Crippen LogP contribution in [-0.4, -0.2) is 42.0 Å². The van der Waals surface area contributed by atoms with Crippen LogP contribution < -0.4 is 5.32 Å². The third-order valence-corrected chi connectivity index (χ3v) is 6.45. The lowest BCUT2D eigenvalue weighted by Crippen LogP contribution is -2.30. The van der Waals surface area contributed by atoms with Gasteiger partial charge in [0.2, 0.25) is 0 Å². The van der Waals surface area contributed by atoms with Crippen molar-refractivity contribution in [3.63, 3.8) is 0 Å². The summed E-state index contributed by atoms with van der Waals surface area (Å²) in [6.45, 7) is -0.587. The molecule has 3 N–H and O–H groups in total. The number of pyridine rings is 1. The highest BCUT2D eigenvalue weighted by atomic mass is 32.2. The number of carboxylic acids is 1. The monoisotopic (exact) mass is 392 g/mol. The van der Waals surface area contributed by atoms with E-state index >= 15 is 0 Å². The van der Waals surface area contributed by atoms with Gasteiger partial charge >= 0.3 is 5.97 Å². The lowest BCUT2D eigenvalue weighted by atomic mass is 9.82. The van der Waals surface area contributed by atoms with Crippen LogP contribution in [0.3, 0.4) is 0 Å². The first-order chi connectivity index (χ1) is 12.8. The van der Waals surface area contributed by atoms with Crippen molar-refractivity contribution in [1.29, 1.82) is 0 Å². The van der Waals surface area contributed by atoms with E-state index in [1.807, 2.05) is 0 Å². The normalized spacial score (nSPS) is 16.3. The maximum absolute atomic E-state index is 12.0. The van der Waals surface area contributed by atoms with E-state index in [-0.39, 0.29) is 11.4 Å². The van der Waals surface area contributed by atoms with E-state index in [0.717, 1.165) is 19.3 Å². The number of thiol groups is 1. The number of benzene rings is 1. The Morgan fingerprint density at radius 1 is 1.19 bits per heavy atom. The van der Waals surface area contributed by atoms with E-state index in [0.29, 0.717) is 29.2 Å². The number of carbonyl (C=O) groups is 2. The molecular weight excluding hydrogens is 372 g/mol. The molecule has 1 saturated carbocycles. The molecule has 9 heteroatoms. The highest BCUT2D eigenvalue weighted by Gasteiger charge is 2.37. The summed E-state index contributed by atoms with van der Waals surface area (Å²) in [7, 11) is -2.67. The third-order valence-electron chi connectivity index (χ3n) is 5.05. The number of nitrogens with zero attached hydrogens (tertiary/aromatic N) is 1. The fourth-order valence-corrected chi connectivity index (χ4v) is 4.65. The molecule has 1 aromatic heterocycles. The summed E-state index contributed by atoms with van der Waals surface area (Å²) in [5.41, 5.74) is 0.383. The highest BCUT2D eigenvalue weighted by Crippen LogP contribution is 2.41. The van der Waals surface area contributed by atoms with Crippen LogP contribution in [0.2, 0.25) is 0 Å². The number of hydrogen-bond donors (Lipinski definition) is 4. The summed E-state index contributed by atoms with van der Waals surface area (Å²) in [5.74, 6) is -2.38. The van der Waals surface area contributed by atoms with Gasteiger partial charge in [0.25, 0.3) is 5.91 Å². The van der Waals surface area contributed by atoms with Gasteiger partial charge < -0.3 is 15.5 Å².